The topological polar surface area (TPSA) is 59.9 Å². The van der Waals surface area contributed by atoms with Crippen LogP contribution in [0, 0.1) is 4.77 Å². The monoisotopic (exact) mass is 201 g/mol. The van der Waals surface area contributed by atoms with Gasteiger partial charge < -0.3 is 4.74 Å². The first-order chi connectivity index (χ1) is 6.16. The Bertz CT molecular complexity index is 344. The van der Waals surface area contributed by atoms with Crippen molar-refractivity contribution >= 4 is 18.2 Å². The third kappa shape index (κ3) is 2.15. The quantitative estimate of drug-likeness (QED) is 0.587. The Morgan fingerprint density at radius 2 is 2.62 bits per heavy atom. The molecule has 0 fully saturated rings. The van der Waals surface area contributed by atoms with Gasteiger partial charge in [-0.1, -0.05) is 0 Å². The molecule has 1 aromatic heterocycles. The Morgan fingerprint density at radius 3 is 3.08 bits per heavy atom. The Labute approximate surface area is 80.7 Å². The zero-order valence-electron chi connectivity index (χ0n) is 7.48. The number of hydrogen-bond acceptors (Lipinski definition) is 4. The van der Waals surface area contributed by atoms with E-state index < -0.39 is 6.04 Å². The van der Waals surface area contributed by atoms with E-state index in [1.807, 2.05) is 0 Å². The van der Waals surface area contributed by atoms with Crippen LogP contribution in [0.15, 0.2) is 6.33 Å². The van der Waals surface area contributed by atoms with Crippen LogP contribution < -0.4 is 0 Å². The molecule has 1 atom stereocenters. The van der Waals surface area contributed by atoms with Gasteiger partial charge in [-0.3, -0.25) is 9.67 Å². The largest absolute Gasteiger partial charge is 0.464 e. The van der Waals surface area contributed by atoms with Crippen molar-refractivity contribution in [3.8, 4) is 0 Å². The van der Waals surface area contributed by atoms with Gasteiger partial charge in [0.15, 0.2) is 4.77 Å². The molecule has 0 amide bonds. The van der Waals surface area contributed by atoms with Crippen LogP contribution in [0.5, 0.6) is 0 Å². The van der Waals surface area contributed by atoms with Gasteiger partial charge in [-0.2, -0.15) is 5.10 Å². The van der Waals surface area contributed by atoms with Gasteiger partial charge in [0.2, 0.25) is 0 Å². The highest BCUT2D eigenvalue weighted by atomic mass is 32.1. The summed E-state index contributed by atoms with van der Waals surface area (Å²) in [5.41, 5.74) is 0. The summed E-state index contributed by atoms with van der Waals surface area (Å²) in [5.74, 6) is -0.306. The molecule has 1 aromatic rings. The summed E-state index contributed by atoms with van der Waals surface area (Å²) < 4.78 is 6.80. The predicted octanol–water partition coefficient (Wildman–Crippen LogP) is 1.06. The molecule has 0 aliphatic rings. The Hall–Kier alpha value is -1.17. The standard InChI is InChI=1S/C7H11N3O2S/c1-3-12-6(11)5(2)10-4-8-9-7(10)13/h4-5H,3H2,1-2H3,(H,9,13). The molecule has 0 bridgehead atoms. The maximum atomic E-state index is 11.3. The van der Waals surface area contributed by atoms with Crippen LogP contribution in [0.3, 0.4) is 0 Å². The number of hydrogen-bond donors (Lipinski definition) is 1. The van der Waals surface area contributed by atoms with Crippen LogP contribution in [0.1, 0.15) is 19.9 Å². The minimum Gasteiger partial charge on any atom is -0.464 e. The Kier molecular flexibility index (Phi) is 3.18. The number of carbonyl (C=O) groups is 1. The van der Waals surface area contributed by atoms with E-state index in [-0.39, 0.29) is 5.97 Å². The van der Waals surface area contributed by atoms with Gasteiger partial charge >= 0.3 is 5.97 Å². The highest BCUT2D eigenvalue weighted by molar-refractivity contribution is 7.71. The zero-order chi connectivity index (χ0) is 9.84. The number of H-pyrrole nitrogens is 1. The first-order valence-electron chi connectivity index (χ1n) is 3.95. The molecule has 13 heavy (non-hydrogen) atoms. The van der Waals surface area contributed by atoms with Gasteiger partial charge in [0.05, 0.1) is 6.61 Å². The lowest BCUT2D eigenvalue weighted by Crippen LogP contribution is -2.18. The van der Waals surface area contributed by atoms with Crippen LogP contribution in [0.4, 0.5) is 0 Å². The van der Waals surface area contributed by atoms with E-state index in [0.29, 0.717) is 11.4 Å². The molecule has 1 heterocycles. The van der Waals surface area contributed by atoms with Gasteiger partial charge in [0.1, 0.15) is 12.4 Å². The van der Waals surface area contributed by atoms with Crippen LogP contribution in [-0.2, 0) is 9.53 Å². The number of aromatic nitrogens is 3. The van der Waals surface area contributed by atoms with Crippen molar-refractivity contribution in [2.45, 2.75) is 19.9 Å². The normalized spacial score (nSPS) is 12.5. The SMILES string of the molecule is CCOC(=O)C(C)n1cn[nH]c1=S. The van der Waals surface area contributed by atoms with Gasteiger partial charge in [-0.25, -0.2) is 4.79 Å². The second-order valence-electron chi connectivity index (χ2n) is 2.50. The highest BCUT2D eigenvalue weighted by Crippen LogP contribution is 2.06. The molecular formula is C7H11N3O2S. The minimum atomic E-state index is -0.425. The summed E-state index contributed by atoms with van der Waals surface area (Å²) >= 11 is 4.90. The number of nitrogens with zero attached hydrogens (tertiary/aromatic N) is 2. The second-order valence-corrected chi connectivity index (χ2v) is 2.88. The van der Waals surface area contributed by atoms with Crippen molar-refractivity contribution < 1.29 is 9.53 Å². The summed E-state index contributed by atoms with van der Waals surface area (Å²) in [5, 5.41) is 6.28. The van der Waals surface area contributed by atoms with E-state index in [0.717, 1.165) is 0 Å². The lowest BCUT2D eigenvalue weighted by Gasteiger charge is -2.10. The number of ether oxygens (including phenoxy) is 1. The predicted molar refractivity (Wildman–Crippen MR) is 48.8 cm³/mol. The van der Waals surface area contributed by atoms with E-state index in [1.165, 1.54) is 6.33 Å². The van der Waals surface area contributed by atoms with E-state index in [2.05, 4.69) is 10.2 Å². The fourth-order valence-electron chi connectivity index (χ4n) is 0.909. The maximum absolute atomic E-state index is 11.3. The van der Waals surface area contributed by atoms with E-state index >= 15 is 0 Å². The van der Waals surface area contributed by atoms with Gasteiger partial charge in [0.25, 0.3) is 0 Å². The average molecular weight is 201 g/mol. The summed E-state index contributed by atoms with van der Waals surface area (Å²) in [4.78, 5) is 11.3. The zero-order valence-corrected chi connectivity index (χ0v) is 8.30. The number of esters is 1. The van der Waals surface area contributed by atoms with Crippen molar-refractivity contribution in [2.75, 3.05) is 6.61 Å². The number of rotatable bonds is 3. The molecule has 0 aromatic carbocycles. The van der Waals surface area contributed by atoms with Crippen molar-refractivity contribution in [3.05, 3.63) is 11.1 Å². The van der Waals surface area contributed by atoms with Crippen molar-refractivity contribution in [1.29, 1.82) is 0 Å². The average Bonchev–Trinajstić information content (AvgIpc) is 2.50. The van der Waals surface area contributed by atoms with Crippen LogP contribution in [0.2, 0.25) is 0 Å². The lowest BCUT2D eigenvalue weighted by molar-refractivity contribution is -0.146. The molecule has 6 heteroatoms. The Balaban J connectivity index is 2.79. The number of aromatic amines is 1. The van der Waals surface area contributed by atoms with Gasteiger partial charge in [-0.05, 0) is 26.1 Å². The summed E-state index contributed by atoms with van der Waals surface area (Å²) in [6.45, 7) is 3.84. The maximum Gasteiger partial charge on any atom is 0.328 e. The molecule has 1 N–H and O–H groups in total. The molecule has 1 unspecified atom stereocenters. The molecule has 0 aliphatic carbocycles. The van der Waals surface area contributed by atoms with E-state index in [9.17, 15) is 4.79 Å². The fourth-order valence-corrected chi connectivity index (χ4v) is 1.17. The third-order valence-electron chi connectivity index (χ3n) is 1.62. The summed E-state index contributed by atoms with van der Waals surface area (Å²) in [6, 6.07) is -0.425. The smallest absolute Gasteiger partial charge is 0.328 e. The lowest BCUT2D eigenvalue weighted by atomic mass is 10.3. The molecule has 0 saturated heterocycles. The molecule has 1 rings (SSSR count). The van der Waals surface area contributed by atoms with Gasteiger partial charge in [-0.15, -0.1) is 0 Å². The molecular weight excluding hydrogens is 190 g/mol. The van der Waals surface area contributed by atoms with Crippen LogP contribution in [0.25, 0.3) is 0 Å². The molecule has 0 aliphatic heterocycles. The van der Waals surface area contributed by atoms with Crippen molar-refractivity contribution in [2.24, 2.45) is 0 Å². The minimum absolute atomic E-state index is 0.306. The van der Waals surface area contributed by atoms with Crippen molar-refractivity contribution in [1.82, 2.24) is 14.8 Å². The van der Waals surface area contributed by atoms with E-state index in [1.54, 1.807) is 18.4 Å². The number of carbonyl (C=O) groups excluding carboxylic acids is 1. The second kappa shape index (κ2) is 4.18. The number of nitrogens with one attached hydrogen (secondary N) is 1. The molecule has 0 saturated carbocycles. The van der Waals surface area contributed by atoms with E-state index in [4.69, 9.17) is 17.0 Å². The molecule has 0 radical (unpaired) electrons. The van der Waals surface area contributed by atoms with Gasteiger partial charge in [0, 0.05) is 0 Å². The van der Waals surface area contributed by atoms with Crippen LogP contribution >= 0.6 is 12.2 Å². The molecule has 72 valence electrons. The third-order valence-corrected chi connectivity index (χ3v) is 1.92. The first kappa shape index (κ1) is 9.91. The molecule has 0 spiro atoms. The first-order valence-corrected chi connectivity index (χ1v) is 4.35. The Morgan fingerprint density at radius 1 is 1.92 bits per heavy atom. The summed E-state index contributed by atoms with van der Waals surface area (Å²) in [6.07, 6.45) is 1.48. The van der Waals surface area contributed by atoms with Crippen LogP contribution in [-0.4, -0.2) is 27.3 Å². The fraction of sp³-hybridized carbons (Fsp3) is 0.571. The molecule has 5 nitrogen and oxygen atoms in total. The van der Waals surface area contributed by atoms with Crippen molar-refractivity contribution in [3.63, 3.8) is 0 Å². The highest BCUT2D eigenvalue weighted by Gasteiger charge is 2.16. The summed E-state index contributed by atoms with van der Waals surface area (Å²) in [7, 11) is 0.